The Kier molecular flexibility index (Phi) is 7.41. The van der Waals surface area contributed by atoms with Crippen molar-refractivity contribution >= 4 is 23.2 Å². The third kappa shape index (κ3) is 6.04. The van der Waals surface area contributed by atoms with E-state index in [4.69, 9.17) is 21.7 Å². The van der Waals surface area contributed by atoms with E-state index in [1.54, 1.807) is 25.3 Å². The third-order valence-electron chi connectivity index (χ3n) is 3.85. The minimum Gasteiger partial charge on any atom is -0.497 e. The molecule has 0 radical (unpaired) electrons. The standard InChI is InChI=1S/C20H24N2O3S/c1-4-14(2)25-18-7-5-6-16(12-18)19(23)22-20(26)21-13-15-8-10-17(24-3)11-9-15/h5-12,14H,4,13H2,1-3H3,(H2,21,22,23,26). The predicted molar refractivity (Wildman–Crippen MR) is 107 cm³/mol. The molecule has 1 unspecified atom stereocenters. The zero-order chi connectivity index (χ0) is 18.9. The van der Waals surface area contributed by atoms with Crippen LogP contribution in [0.1, 0.15) is 36.2 Å². The number of ether oxygens (including phenoxy) is 2. The monoisotopic (exact) mass is 372 g/mol. The average molecular weight is 372 g/mol. The van der Waals surface area contributed by atoms with Gasteiger partial charge in [-0.2, -0.15) is 0 Å². The molecule has 2 aromatic rings. The molecule has 0 aliphatic rings. The molecule has 1 atom stereocenters. The molecule has 2 aromatic carbocycles. The lowest BCUT2D eigenvalue weighted by atomic mass is 10.2. The second-order valence-electron chi connectivity index (χ2n) is 5.85. The molecule has 138 valence electrons. The number of nitrogens with one attached hydrogen (secondary N) is 2. The smallest absolute Gasteiger partial charge is 0.257 e. The van der Waals surface area contributed by atoms with Gasteiger partial charge in [-0.05, 0) is 61.5 Å². The summed E-state index contributed by atoms with van der Waals surface area (Å²) in [4.78, 5) is 12.3. The topological polar surface area (TPSA) is 59.6 Å². The molecule has 0 fully saturated rings. The van der Waals surface area contributed by atoms with Gasteiger partial charge in [0, 0.05) is 12.1 Å². The normalized spacial score (nSPS) is 11.3. The fourth-order valence-electron chi connectivity index (χ4n) is 2.17. The average Bonchev–Trinajstić information content (AvgIpc) is 2.66. The number of methoxy groups -OCH3 is 1. The van der Waals surface area contributed by atoms with Crippen LogP contribution in [0.2, 0.25) is 0 Å². The van der Waals surface area contributed by atoms with E-state index in [1.807, 2.05) is 44.2 Å². The lowest BCUT2D eigenvalue weighted by Crippen LogP contribution is -2.38. The number of hydrogen-bond acceptors (Lipinski definition) is 4. The molecule has 0 aliphatic heterocycles. The maximum Gasteiger partial charge on any atom is 0.257 e. The molecule has 0 saturated heterocycles. The van der Waals surface area contributed by atoms with Crippen molar-refractivity contribution < 1.29 is 14.3 Å². The molecule has 0 bridgehead atoms. The first-order valence-corrected chi connectivity index (χ1v) is 8.91. The van der Waals surface area contributed by atoms with Gasteiger partial charge in [-0.25, -0.2) is 0 Å². The Hall–Kier alpha value is -2.60. The Bertz CT molecular complexity index is 747. The zero-order valence-corrected chi connectivity index (χ0v) is 16.1. The Labute approximate surface area is 159 Å². The van der Waals surface area contributed by atoms with Crippen molar-refractivity contribution in [3.05, 3.63) is 59.7 Å². The number of carbonyl (C=O) groups is 1. The Morgan fingerprint density at radius 3 is 2.54 bits per heavy atom. The van der Waals surface area contributed by atoms with Crippen molar-refractivity contribution in [1.82, 2.24) is 10.6 Å². The summed E-state index contributed by atoms with van der Waals surface area (Å²) < 4.78 is 10.9. The molecule has 0 spiro atoms. The van der Waals surface area contributed by atoms with Gasteiger partial charge in [0.15, 0.2) is 5.11 Å². The van der Waals surface area contributed by atoms with Crippen LogP contribution < -0.4 is 20.1 Å². The number of amides is 1. The Morgan fingerprint density at radius 1 is 1.15 bits per heavy atom. The van der Waals surface area contributed by atoms with Gasteiger partial charge < -0.3 is 14.8 Å². The second kappa shape index (κ2) is 9.77. The first kappa shape index (κ1) is 19.7. The highest BCUT2D eigenvalue weighted by molar-refractivity contribution is 7.80. The number of hydrogen-bond donors (Lipinski definition) is 2. The lowest BCUT2D eigenvalue weighted by molar-refractivity contribution is 0.0975. The highest BCUT2D eigenvalue weighted by Crippen LogP contribution is 2.16. The molecular formula is C20H24N2O3S. The minimum absolute atomic E-state index is 0.0977. The van der Waals surface area contributed by atoms with Crippen molar-refractivity contribution in [1.29, 1.82) is 0 Å². The van der Waals surface area contributed by atoms with Crippen LogP contribution in [0.4, 0.5) is 0 Å². The quantitative estimate of drug-likeness (QED) is 0.726. The van der Waals surface area contributed by atoms with Crippen LogP contribution in [0, 0.1) is 0 Å². The molecule has 0 aromatic heterocycles. The summed E-state index contributed by atoms with van der Waals surface area (Å²) in [6, 6.07) is 14.7. The highest BCUT2D eigenvalue weighted by Gasteiger charge is 2.10. The summed E-state index contributed by atoms with van der Waals surface area (Å²) in [7, 11) is 1.63. The maximum atomic E-state index is 12.3. The van der Waals surface area contributed by atoms with Crippen LogP contribution in [0.25, 0.3) is 0 Å². The molecule has 0 saturated carbocycles. The molecule has 0 aliphatic carbocycles. The van der Waals surface area contributed by atoms with Crippen LogP contribution in [0.5, 0.6) is 11.5 Å². The van der Waals surface area contributed by atoms with Gasteiger partial charge in [0.05, 0.1) is 13.2 Å². The lowest BCUT2D eigenvalue weighted by Gasteiger charge is -2.14. The molecule has 2 N–H and O–H groups in total. The van der Waals surface area contributed by atoms with Crippen molar-refractivity contribution in [3.8, 4) is 11.5 Å². The van der Waals surface area contributed by atoms with E-state index in [2.05, 4.69) is 10.6 Å². The molecule has 6 heteroatoms. The maximum absolute atomic E-state index is 12.3. The molecule has 0 heterocycles. The van der Waals surface area contributed by atoms with Crippen molar-refractivity contribution in [2.45, 2.75) is 32.9 Å². The van der Waals surface area contributed by atoms with E-state index in [-0.39, 0.29) is 17.1 Å². The van der Waals surface area contributed by atoms with E-state index in [1.165, 1.54) is 0 Å². The largest absolute Gasteiger partial charge is 0.497 e. The van der Waals surface area contributed by atoms with Crippen LogP contribution >= 0.6 is 12.2 Å². The van der Waals surface area contributed by atoms with Crippen molar-refractivity contribution in [3.63, 3.8) is 0 Å². The van der Waals surface area contributed by atoms with Gasteiger partial charge in [0.1, 0.15) is 11.5 Å². The van der Waals surface area contributed by atoms with Crippen LogP contribution in [-0.4, -0.2) is 24.2 Å². The van der Waals surface area contributed by atoms with Gasteiger partial charge in [0.2, 0.25) is 0 Å². The van der Waals surface area contributed by atoms with E-state index < -0.39 is 0 Å². The van der Waals surface area contributed by atoms with E-state index in [0.717, 1.165) is 17.7 Å². The molecule has 26 heavy (non-hydrogen) atoms. The first-order chi connectivity index (χ1) is 12.5. The Balaban J connectivity index is 1.88. The minimum atomic E-state index is -0.271. The van der Waals surface area contributed by atoms with E-state index >= 15 is 0 Å². The molecule has 2 rings (SSSR count). The molecule has 1 amide bonds. The fraction of sp³-hybridized carbons (Fsp3) is 0.300. The van der Waals surface area contributed by atoms with Gasteiger partial charge >= 0.3 is 0 Å². The fourth-order valence-corrected chi connectivity index (χ4v) is 2.34. The van der Waals surface area contributed by atoms with Gasteiger partial charge in [0.25, 0.3) is 5.91 Å². The second-order valence-corrected chi connectivity index (χ2v) is 6.26. The number of thiocarbonyl (C=S) groups is 1. The molecule has 5 nitrogen and oxygen atoms in total. The summed E-state index contributed by atoms with van der Waals surface area (Å²) in [5, 5.41) is 5.98. The summed E-state index contributed by atoms with van der Waals surface area (Å²) >= 11 is 5.20. The summed E-state index contributed by atoms with van der Waals surface area (Å²) in [5.74, 6) is 1.19. The van der Waals surface area contributed by atoms with Crippen LogP contribution in [0.15, 0.2) is 48.5 Å². The highest BCUT2D eigenvalue weighted by atomic mass is 32.1. The third-order valence-corrected chi connectivity index (χ3v) is 4.09. The predicted octanol–water partition coefficient (Wildman–Crippen LogP) is 3.68. The zero-order valence-electron chi connectivity index (χ0n) is 15.2. The number of benzene rings is 2. The van der Waals surface area contributed by atoms with Gasteiger partial charge in [-0.15, -0.1) is 0 Å². The van der Waals surface area contributed by atoms with Crippen molar-refractivity contribution in [2.24, 2.45) is 0 Å². The molecular weight excluding hydrogens is 348 g/mol. The summed E-state index contributed by atoms with van der Waals surface area (Å²) in [6.45, 7) is 4.55. The summed E-state index contributed by atoms with van der Waals surface area (Å²) in [5.41, 5.74) is 1.53. The van der Waals surface area contributed by atoms with E-state index in [0.29, 0.717) is 17.9 Å². The van der Waals surface area contributed by atoms with Gasteiger partial charge in [-0.1, -0.05) is 25.1 Å². The van der Waals surface area contributed by atoms with Crippen molar-refractivity contribution in [2.75, 3.05) is 7.11 Å². The SMILES string of the molecule is CCC(C)Oc1cccc(C(=O)NC(=S)NCc2ccc(OC)cc2)c1. The number of rotatable bonds is 7. The first-order valence-electron chi connectivity index (χ1n) is 8.50. The number of carbonyl (C=O) groups excluding carboxylic acids is 1. The van der Waals surface area contributed by atoms with Crippen LogP contribution in [-0.2, 0) is 6.54 Å². The summed E-state index contributed by atoms with van der Waals surface area (Å²) in [6.07, 6.45) is 0.996. The van der Waals surface area contributed by atoms with E-state index in [9.17, 15) is 4.79 Å². The van der Waals surface area contributed by atoms with Crippen LogP contribution in [0.3, 0.4) is 0 Å². The van der Waals surface area contributed by atoms with Gasteiger partial charge in [-0.3, -0.25) is 10.1 Å². The Morgan fingerprint density at radius 2 is 1.88 bits per heavy atom.